The number of carbonyl (C=O) groups excluding carboxylic acids is 2. The number of nitrogens with zero attached hydrogens (tertiary/aromatic N) is 3. The molecule has 8 heteroatoms. The number of nitrogens with one attached hydrogen (secondary N) is 1. The Bertz CT molecular complexity index is 578. The lowest BCUT2D eigenvalue weighted by Gasteiger charge is -2.25. The van der Waals surface area contributed by atoms with E-state index in [0.29, 0.717) is 31.4 Å². The van der Waals surface area contributed by atoms with Crippen molar-refractivity contribution in [3.63, 3.8) is 0 Å². The smallest absolute Gasteiger partial charge is 0.284 e. The van der Waals surface area contributed by atoms with Crippen LogP contribution < -0.4 is 11.1 Å². The summed E-state index contributed by atoms with van der Waals surface area (Å²) in [6.07, 6.45) is 0. The minimum Gasteiger partial charge on any atom is -0.454 e. The van der Waals surface area contributed by atoms with Gasteiger partial charge in [0.25, 0.3) is 5.91 Å². The van der Waals surface area contributed by atoms with Crippen molar-refractivity contribution in [2.24, 2.45) is 10.7 Å². The van der Waals surface area contributed by atoms with E-state index in [1.54, 1.807) is 22.9 Å². The Morgan fingerprint density at radius 2 is 1.92 bits per heavy atom. The average molecular weight is 337 g/mol. The molecule has 2 amide bonds. The maximum atomic E-state index is 12.2. The summed E-state index contributed by atoms with van der Waals surface area (Å²) in [5, 5.41) is 3.13. The number of primary amides is 1. The predicted octanol–water partition coefficient (Wildman–Crippen LogP) is 0.644. The molecule has 0 fully saturated rings. The standard InChI is InChI=1S/C16H27N5O3/c1-5-18-16(20(4)11-14(22)21(6-2)7-3)19-10-12-8-9-13(24-12)15(17)23/h8-9H,5-7,10-11H2,1-4H3,(H2,17,23)(H,18,19). The Hall–Kier alpha value is -2.51. The van der Waals surface area contributed by atoms with Crippen LogP contribution in [0.2, 0.25) is 0 Å². The monoisotopic (exact) mass is 337 g/mol. The van der Waals surface area contributed by atoms with E-state index >= 15 is 0 Å². The number of rotatable bonds is 8. The first-order valence-electron chi connectivity index (χ1n) is 8.08. The summed E-state index contributed by atoms with van der Waals surface area (Å²) in [5.41, 5.74) is 5.16. The molecule has 0 aliphatic rings. The van der Waals surface area contributed by atoms with Gasteiger partial charge >= 0.3 is 0 Å². The van der Waals surface area contributed by atoms with E-state index in [0.717, 1.165) is 0 Å². The number of aliphatic imine (C=N–C) groups is 1. The molecule has 134 valence electrons. The van der Waals surface area contributed by atoms with E-state index in [2.05, 4.69) is 10.3 Å². The van der Waals surface area contributed by atoms with Crippen LogP contribution in [-0.2, 0) is 11.3 Å². The molecule has 0 saturated carbocycles. The van der Waals surface area contributed by atoms with Gasteiger partial charge in [-0.25, -0.2) is 4.99 Å². The van der Waals surface area contributed by atoms with Crippen LogP contribution in [0.4, 0.5) is 0 Å². The molecule has 0 aliphatic carbocycles. The summed E-state index contributed by atoms with van der Waals surface area (Å²) >= 11 is 0. The van der Waals surface area contributed by atoms with Crippen LogP contribution in [0.1, 0.15) is 37.1 Å². The van der Waals surface area contributed by atoms with Crippen molar-refractivity contribution in [3.8, 4) is 0 Å². The fourth-order valence-corrected chi connectivity index (χ4v) is 2.17. The van der Waals surface area contributed by atoms with Crippen LogP contribution in [0.5, 0.6) is 0 Å². The first kappa shape index (κ1) is 19.5. The minimum absolute atomic E-state index is 0.0436. The van der Waals surface area contributed by atoms with Crippen molar-refractivity contribution in [3.05, 3.63) is 23.7 Å². The molecule has 0 unspecified atom stereocenters. The average Bonchev–Trinajstić information content (AvgIpc) is 3.01. The quantitative estimate of drug-likeness (QED) is 0.535. The topological polar surface area (TPSA) is 104 Å². The predicted molar refractivity (Wildman–Crippen MR) is 92.6 cm³/mol. The molecule has 0 aromatic carbocycles. The number of hydrogen-bond donors (Lipinski definition) is 2. The normalized spacial score (nSPS) is 11.2. The number of guanidine groups is 1. The molecule has 0 radical (unpaired) electrons. The van der Waals surface area contributed by atoms with Crippen molar-refractivity contribution in [1.29, 1.82) is 0 Å². The molecule has 1 rings (SSSR count). The summed E-state index contributed by atoms with van der Waals surface area (Å²) in [4.78, 5) is 31.2. The lowest BCUT2D eigenvalue weighted by atomic mass is 10.4. The molecule has 0 atom stereocenters. The number of hydrogen-bond acceptors (Lipinski definition) is 4. The van der Waals surface area contributed by atoms with Crippen LogP contribution in [0.25, 0.3) is 0 Å². The highest BCUT2D eigenvalue weighted by Crippen LogP contribution is 2.08. The molecular weight excluding hydrogens is 310 g/mol. The molecule has 1 heterocycles. The van der Waals surface area contributed by atoms with Crippen LogP contribution in [0.15, 0.2) is 21.5 Å². The zero-order valence-corrected chi connectivity index (χ0v) is 14.8. The van der Waals surface area contributed by atoms with Gasteiger partial charge in [-0.05, 0) is 32.9 Å². The third-order valence-electron chi connectivity index (χ3n) is 3.47. The SMILES string of the molecule is CCNC(=NCc1ccc(C(N)=O)o1)N(C)CC(=O)N(CC)CC. The molecule has 1 aromatic rings. The van der Waals surface area contributed by atoms with E-state index in [-0.39, 0.29) is 24.8 Å². The molecule has 0 spiro atoms. The van der Waals surface area contributed by atoms with E-state index in [1.165, 1.54) is 6.07 Å². The first-order chi connectivity index (χ1) is 11.4. The van der Waals surface area contributed by atoms with Crippen molar-refractivity contribution in [2.75, 3.05) is 33.2 Å². The lowest BCUT2D eigenvalue weighted by molar-refractivity contribution is -0.131. The summed E-state index contributed by atoms with van der Waals surface area (Å²) in [6, 6.07) is 3.18. The summed E-state index contributed by atoms with van der Waals surface area (Å²) in [6.45, 7) is 8.37. The molecule has 1 aromatic heterocycles. The fourth-order valence-electron chi connectivity index (χ4n) is 2.17. The zero-order valence-electron chi connectivity index (χ0n) is 14.8. The Labute approximate surface area is 142 Å². The second-order valence-corrected chi connectivity index (χ2v) is 5.22. The molecule has 0 bridgehead atoms. The van der Waals surface area contributed by atoms with Crippen molar-refractivity contribution < 1.29 is 14.0 Å². The third kappa shape index (κ3) is 5.60. The van der Waals surface area contributed by atoms with Gasteiger partial charge in [0.15, 0.2) is 11.7 Å². The third-order valence-corrected chi connectivity index (χ3v) is 3.47. The number of carbonyl (C=O) groups is 2. The molecule has 0 aliphatic heterocycles. The van der Waals surface area contributed by atoms with E-state index < -0.39 is 5.91 Å². The maximum absolute atomic E-state index is 12.2. The van der Waals surface area contributed by atoms with Gasteiger partial charge in [-0.1, -0.05) is 0 Å². The highest BCUT2D eigenvalue weighted by Gasteiger charge is 2.15. The van der Waals surface area contributed by atoms with Gasteiger partial charge in [0.2, 0.25) is 5.91 Å². The number of likely N-dealkylation sites (N-methyl/N-ethyl adjacent to an activating group) is 2. The van der Waals surface area contributed by atoms with Crippen LogP contribution in [-0.4, -0.2) is 60.8 Å². The van der Waals surface area contributed by atoms with Gasteiger partial charge in [0.1, 0.15) is 12.3 Å². The Kier molecular flexibility index (Phi) is 7.81. The highest BCUT2D eigenvalue weighted by atomic mass is 16.3. The number of amides is 2. The molecule has 8 nitrogen and oxygen atoms in total. The Morgan fingerprint density at radius 1 is 1.25 bits per heavy atom. The largest absolute Gasteiger partial charge is 0.454 e. The van der Waals surface area contributed by atoms with Gasteiger partial charge in [-0.2, -0.15) is 0 Å². The second kappa shape index (κ2) is 9.59. The molecule has 24 heavy (non-hydrogen) atoms. The first-order valence-corrected chi connectivity index (χ1v) is 8.08. The van der Waals surface area contributed by atoms with Gasteiger partial charge in [-0.3, -0.25) is 9.59 Å². The lowest BCUT2D eigenvalue weighted by Crippen LogP contribution is -2.45. The van der Waals surface area contributed by atoms with Gasteiger partial charge in [0, 0.05) is 26.7 Å². The molecule has 0 saturated heterocycles. The van der Waals surface area contributed by atoms with Gasteiger partial charge in [-0.15, -0.1) is 0 Å². The molecule has 3 N–H and O–H groups in total. The summed E-state index contributed by atoms with van der Waals surface area (Å²) < 4.78 is 5.30. The summed E-state index contributed by atoms with van der Waals surface area (Å²) in [5.74, 6) is 0.661. The van der Waals surface area contributed by atoms with Gasteiger partial charge < -0.3 is 25.3 Å². The Morgan fingerprint density at radius 3 is 2.42 bits per heavy atom. The van der Waals surface area contributed by atoms with E-state index in [9.17, 15) is 9.59 Å². The summed E-state index contributed by atoms with van der Waals surface area (Å²) in [7, 11) is 1.81. The van der Waals surface area contributed by atoms with E-state index in [4.69, 9.17) is 10.2 Å². The van der Waals surface area contributed by atoms with Crippen LogP contribution >= 0.6 is 0 Å². The maximum Gasteiger partial charge on any atom is 0.284 e. The van der Waals surface area contributed by atoms with Crippen molar-refractivity contribution >= 4 is 17.8 Å². The molecular formula is C16H27N5O3. The number of furan rings is 1. The van der Waals surface area contributed by atoms with Crippen molar-refractivity contribution in [1.82, 2.24) is 15.1 Å². The number of nitrogens with two attached hydrogens (primary N) is 1. The minimum atomic E-state index is -0.612. The van der Waals surface area contributed by atoms with Gasteiger partial charge in [0.05, 0.1) is 6.54 Å². The van der Waals surface area contributed by atoms with Crippen molar-refractivity contribution in [2.45, 2.75) is 27.3 Å². The fraction of sp³-hybridized carbons (Fsp3) is 0.562. The van der Waals surface area contributed by atoms with E-state index in [1.807, 2.05) is 20.8 Å². The highest BCUT2D eigenvalue weighted by molar-refractivity contribution is 5.90. The van der Waals surface area contributed by atoms with Crippen LogP contribution in [0, 0.1) is 0 Å². The Balaban J connectivity index is 2.76. The second-order valence-electron chi connectivity index (χ2n) is 5.22. The zero-order chi connectivity index (χ0) is 18.1. The van der Waals surface area contributed by atoms with Crippen LogP contribution in [0.3, 0.4) is 0 Å².